The maximum Gasteiger partial charge on any atom is 0.191 e. The van der Waals surface area contributed by atoms with E-state index < -0.39 is 0 Å². The zero-order valence-corrected chi connectivity index (χ0v) is 11.0. The Hall–Kier alpha value is -2.56. The predicted octanol–water partition coefficient (Wildman–Crippen LogP) is 1.85. The standard InChI is InChI=1S/C14H17N5/c1-8-3-4-18-7-11(8)10-6-12(15)13(5-9(10)2)19-14(16)17/h3-7H,15H2,1-2H3,(H4,16,17,19). The molecule has 0 radical (unpaired) electrons. The van der Waals surface area contributed by atoms with Gasteiger partial charge in [-0.25, -0.2) is 4.99 Å². The summed E-state index contributed by atoms with van der Waals surface area (Å²) in [5.41, 5.74) is 22.2. The third-order valence-electron chi connectivity index (χ3n) is 2.95. The molecule has 0 bridgehead atoms. The molecule has 0 unspecified atom stereocenters. The number of guanidine groups is 1. The molecule has 2 rings (SSSR count). The van der Waals surface area contributed by atoms with Gasteiger partial charge in [-0.15, -0.1) is 0 Å². The SMILES string of the molecule is Cc1ccncc1-c1cc(N)c(N=C(N)N)cc1C. The number of pyridine rings is 1. The Balaban J connectivity index is 2.59. The van der Waals surface area contributed by atoms with Gasteiger partial charge in [0.1, 0.15) is 0 Å². The monoisotopic (exact) mass is 255 g/mol. The highest BCUT2D eigenvalue weighted by molar-refractivity contribution is 5.84. The van der Waals surface area contributed by atoms with Gasteiger partial charge in [0.05, 0.1) is 11.4 Å². The predicted molar refractivity (Wildman–Crippen MR) is 79.0 cm³/mol. The van der Waals surface area contributed by atoms with Gasteiger partial charge in [0, 0.05) is 18.0 Å². The smallest absolute Gasteiger partial charge is 0.191 e. The number of nitrogen functional groups attached to an aromatic ring is 1. The van der Waals surface area contributed by atoms with Crippen LogP contribution in [0, 0.1) is 13.8 Å². The summed E-state index contributed by atoms with van der Waals surface area (Å²) in [6.07, 6.45) is 3.60. The lowest BCUT2D eigenvalue weighted by Crippen LogP contribution is -2.22. The second-order valence-electron chi connectivity index (χ2n) is 4.45. The summed E-state index contributed by atoms with van der Waals surface area (Å²) >= 11 is 0. The van der Waals surface area contributed by atoms with Crippen LogP contribution in [0.25, 0.3) is 11.1 Å². The maximum absolute atomic E-state index is 5.99. The van der Waals surface area contributed by atoms with Crippen LogP contribution in [0.4, 0.5) is 11.4 Å². The van der Waals surface area contributed by atoms with Gasteiger partial charge in [-0.1, -0.05) is 0 Å². The zero-order chi connectivity index (χ0) is 14.0. The summed E-state index contributed by atoms with van der Waals surface area (Å²) < 4.78 is 0. The minimum Gasteiger partial charge on any atom is -0.397 e. The first-order valence-corrected chi connectivity index (χ1v) is 5.90. The molecule has 0 fully saturated rings. The van der Waals surface area contributed by atoms with Gasteiger partial charge in [0.2, 0.25) is 0 Å². The van der Waals surface area contributed by atoms with Crippen molar-refractivity contribution in [3.63, 3.8) is 0 Å². The van der Waals surface area contributed by atoms with Crippen molar-refractivity contribution in [1.82, 2.24) is 4.98 Å². The average molecular weight is 255 g/mol. The molecule has 0 aliphatic heterocycles. The highest BCUT2D eigenvalue weighted by atomic mass is 15.0. The summed E-state index contributed by atoms with van der Waals surface area (Å²) in [5.74, 6) is -0.00333. The Morgan fingerprint density at radius 3 is 2.47 bits per heavy atom. The summed E-state index contributed by atoms with van der Waals surface area (Å²) in [6.45, 7) is 4.03. The summed E-state index contributed by atoms with van der Waals surface area (Å²) in [7, 11) is 0. The van der Waals surface area contributed by atoms with Crippen LogP contribution in [0.1, 0.15) is 11.1 Å². The largest absolute Gasteiger partial charge is 0.397 e. The fraction of sp³-hybridized carbons (Fsp3) is 0.143. The van der Waals surface area contributed by atoms with Crippen LogP contribution < -0.4 is 17.2 Å². The van der Waals surface area contributed by atoms with E-state index in [4.69, 9.17) is 17.2 Å². The lowest BCUT2D eigenvalue weighted by molar-refractivity contribution is 1.28. The molecule has 0 aliphatic carbocycles. The van der Waals surface area contributed by atoms with Gasteiger partial charge in [-0.05, 0) is 48.7 Å². The molecule has 5 nitrogen and oxygen atoms in total. The van der Waals surface area contributed by atoms with Crippen LogP contribution in [0.5, 0.6) is 0 Å². The minimum absolute atomic E-state index is 0.00333. The number of hydrogen-bond donors (Lipinski definition) is 3. The van der Waals surface area contributed by atoms with Crippen molar-refractivity contribution < 1.29 is 0 Å². The number of nitrogens with two attached hydrogens (primary N) is 3. The number of nitrogens with zero attached hydrogens (tertiary/aromatic N) is 2. The number of aryl methyl sites for hydroxylation is 2. The molecule has 1 aromatic heterocycles. The average Bonchev–Trinajstić information content (AvgIpc) is 2.34. The summed E-state index contributed by atoms with van der Waals surface area (Å²) in [4.78, 5) is 8.16. The molecule has 0 amide bonds. The van der Waals surface area contributed by atoms with E-state index in [1.165, 1.54) is 0 Å². The number of rotatable bonds is 2. The van der Waals surface area contributed by atoms with Gasteiger partial charge in [0.15, 0.2) is 5.96 Å². The summed E-state index contributed by atoms with van der Waals surface area (Å²) in [6, 6.07) is 5.72. The van der Waals surface area contributed by atoms with Crippen LogP contribution in [0.3, 0.4) is 0 Å². The summed E-state index contributed by atoms with van der Waals surface area (Å²) in [5, 5.41) is 0. The van der Waals surface area contributed by atoms with E-state index in [0.717, 1.165) is 22.3 Å². The Morgan fingerprint density at radius 1 is 1.11 bits per heavy atom. The van der Waals surface area contributed by atoms with Crippen LogP contribution in [-0.2, 0) is 0 Å². The Kier molecular flexibility index (Phi) is 3.37. The van der Waals surface area contributed by atoms with Crippen LogP contribution in [0.2, 0.25) is 0 Å². The molecule has 5 heteroatoms. The molecule has 0 spiro atoms. The van der Waals surface area contributed by atoms with Crippen molar-refractivity contribution in [2.75, 3.05) is 5.73 Å². The van der Waals surface area contributed by atoms with E-state index in [0.29, 0.717) is 11.4 Å². The first-order chi connectivity index (χ1) is 8.99. The van der Waals surface area contributed by atoms with Gasteiger partial charge >= 0.3 is 0 Å². The molecule has 0 atom stereocenters. The molecule has 0 saturated heterocycles. The fourth-order valence-electron chi connectivity index (χ4n) is 1.98. The number of aromatic nitrogens is 1. The van der Waals surface area contributed by atoms with E-state index >= 15 is 0 Å². The van der Waals surface area contributed by atoms with Crippen molar-refractivity contribution in [3.8, 4) is 11.1 Å². The second-order valence-corrected chi connectivity index (χ2v) is 4.45. The lowest BCUT2D eigenvalue weighted by Gasteiger charge is -2.11. The van der Waals surface area contributed by atoms with Crippen LogP contribution in [0.15, 0.2) is 35.6 Å². The number of hydrogen-bond acceptors (Lipinski definition) is 3. The number of aliphatic imine (C=N–C) groups is 1. The van der Waals surface area contributed by atoms with E-state index in [2.05, 4.69) is 9.98 Å². The lowest BCUT2D eigenvalue weighted by atomic mass is 9.97. The maximum atomic E-state index is 5.99. The van der Waals surface area contributed by atoms with E-state index in [9.17, 15) is 0 Å². The van der Waals surface area contributed by atoms with Crippen LogP contribution in [-0.4, -0.2) is 10.9 Å². The quantitative estimate of drug-likeness (QED) is 0.433. The zero-order valence-electron chi connectivity index (χ0n) is 11.0. The molecular weight excluding hydrogens is 238 g/mol. The van der Waals surface area contributed by atoms with Crippen molar-refractivity contribution in [2.24, 2.45) is 16.5 Å². The van der Waals surface area contributed by atoms with E-state index in [-0.39, 0.29) is 5.96 Å². The number of benzene rings is 1. The van der Waals surface area contributed by atoms with E-state index in [1.807, 2.05) is 38.2 Å². The third-order valence-corrected chi connectivity index (χ3v) is 2.95. The first kappa shape index (κ1) is 12.9. The van der Waals surface area contributed by atoms with E-state index in [1.54, 1.807) is 6.20 Å². The highest BCUT2D eigenvalue weighted by Gasteiger charge is 2.09. The van der Waals surface area contributed by atoms with Crippen molar-refractivity contribution >= 4 is 17.3 Å². The van der Waals surface area contributed by atoms with Crippen molar-refractivity contribution in [3.05, 3.63) is 41.7 Å². The highest BCUT2D eigenvalue weighted by Crippen LogP contribution is 2.33. The van der Waals surface area contributed by atoms with Crippen molar-refractivity contribution in [1.29, 1.82) is 0 Å². The van der Waals surface area contributed by atoms with Gasteiger partial charge in [-0.2, -0.15) is 0 Å². The third kappa shape index (κ3) is 2.65. The molecule has 0 aliphatic rings. The molecule has 6 N–H and O–H groups in total. The minimum atomic E-state index is -0.00333. The Labute approximate surface area is 112 Å². The van der Waals surface area contributed by atoms with Gasteiger partial charge < -0.3 is 17.2 Å². The molecule has 0 saturated carbocycles. The molecule has 1 heterocycles. The van der Waals surface area contributed by atoms with Crippen LogP contribution >= 0.6 is 0 Å². The Morgan fingerprint density at radius 2 is 1.84 bits per heavy atom. The van der Waals surface area contributed by atoms with Gasteiger partial charge in [0.25, 0.3) is 0 Å². The first-order valence-electron chi connectivity index (χ1n) is 5.90. The topological polar surface area (TPSA) is 103 Å². The Bertz CT molecular complexity index is 642. The fourth-order valence-corrected chi connectivity index (χ4v) is 1.98. The molecule has 98 valence electrons. The van der Waals surface area contributed by atoms with Gasteiger partial charge in [-0.3, -0.25) is 4.98 Å². The second kappa shape index (κ2) is 4.97. The number of anilines is 1. The molecule has 2 aromatic rings. The molecule has 1 aromatic carbocycles. The molecular formula is C14H17N5. The normalized spacial score (nSPS) is 10.2. The molecule has 19 heavy (non-hydrogen) atoms. The van der Waals surface area contributed by atoms with Crippen molar-refractivity contribution in [2.45, 2.75) is 13.8 Å².